The molecule has 4 rings (SSSR count). The molecule has 2 aliphatic rings. The zero-order valence-corrected chi connectivity index (χ0v) is 16.5. The van der Waals surface area contributed by atoms with Gasteiger partial charge in [-0.3, -0.25) is 4.98 Å². The van der Waals surface area contributed by atoms with Gasteiger partial charge in [-0.15, -0.1) is 0 Å². The Labute approximate surface area is 161 Å². The average Bonchev–Trinajstić information content (AvgIpc) is 3.27. The highest BCUT2D eigenvalue weighted by atomic mass is 32.1. The Morgan fingerprint density at radius 2 is 1.92 bits per heavy atom. The quantitative estimate of drug-likeness (QED) is 0.788. The summed E-state index contributed by atoms with van der Waals surface area (Å²) in [5.74, 6) is 0. The smallest absolute Gasteiger partial charge is 0.170 e. The monoisotopic (exact) mass is 368 g/mol. The minimum atomic E-state index is 0.0864. The van der Waals surface area contributed by atoms with E-state index in [4.69, 9.17) is 12.2 Å². The van der Waals surface area contributed by atoms with E-state index in [2.05, 4.69) is 64.1 Å². The second kappa shape index (κ2) is 7.39. The summed E-state index contributed by atoms with van der Waals surface area (Å²) in [6.07, 6.45) is 10.7. The Morgan fingerprint density at radius 1 is 1.12 bits per heavy atom. The Kier molecular flexibility index (Phi) is 4.98. The fourth-order valence-electron chi connectivity index (χ4n) is 4.59. The van der Waals surface area contributed by atoms with Gasteiger partial charge in [0.05, 0.1) is 17.8 Å². The summed E-state index contributed by atoms with van der Waals surface area (Å²) in [6, 6.07) is 11.8. The molecule has 1 aliphatic carbocycles. The highest BCUT2D eigenvalue weighted by Gasteiger charge is 2.42. The second-order valence-corrected chi connectivity index (χ2v) is 8.15. The van der Waals surface area contributed by atoms with Crippen LogP contribution in [0, 0.1) is 0 Å². The molecule has 1 aliphatic heterocycles. The topological polar surface area (TPSA) is 33.1 Å². The number of nitrogens with zero attached hydrogens (tertiary/aromatic N) is 3. The third-order valence-corrected chi connectivity index (χ3v) is 6.10. The van der Waals surface area contributed by atoms with Crippen molar-refractivity contribution in [3.8, 4) is 0 Å². The standard InChI is InChI=1S/C21H28N4S/c1-15(2)25-20(19(23-21(25)26)17-11-6-7-13-22-17)18-12-8-14-24(18)16-9-4-3-5-10-16/h6-8,11-16,19-20H,3-5,9-10H2,1-2H3,(H,23,26)/t19-,20-/m0/s1. The molecule has 26 heavy (non-hydrogen) atoms. The molecule has 0 spiro atoms. The van der Waals surface area contributed by atoms with Gasteiger partial charge >= 0.3 is 0 Å². The number of thiocarbonyl (C=S) groups is 1. The largest absolute Gasteiger partial charge is 0.352 e. The van der Waals surface area contributed by atoms with Gasteiger partial charge in [0.15, 0.2) is 5.11 Å². The van der Waals surface area contributed by atoms with Gasteiger partial charge in [-0.25, -0.2) is 0 Å². The lowest BCUT2D eigenvalue weighted by atomic mass is 9.94. The summed E-state index contributed by atoms with van der Waals surface area (Å²) in [5, 5.41) is 4.38. The highest BCUT2D eigenvalue weighted by molar-refractivity contribution is 7.80. The van der Waals surface area contributed by atoms with Crippen LogP contribution in [0.25, 0.3) is 0 Å². The molecular formula is C21H28N4S. The average molecular weight is 369 g/mol. The maximum atomic E-state index is 5.72. The van der Waals surface area contributed by atoms with Crippen molar-refractivity contribution in [2.45, 2.75) is 70.1 Å². The summed E-state index contributed by atoms with van der Waals surface area (Å²) < 4.78 is 2.52. The number of hydrogen-bond donors (Lipinski definition) is 1. The fraction of sp³-hybridized carbons (Fsp3) is 0.524. The van der Waals surface area contributed by atoms with Gasteiger partial charge in [-0.1, -0.05) is 25.3 Å². The van der Waals surface area contributed by atoms with Crippen molar-refractivity contribution in [1.29, 1.82) is 0 Å². The van der Waals surface area contributed by atoms with Crippen molar-refractivity contribution in [2.75, 3.05) is 0 Å². The van der Waals surface area contributed by atoms with Crippen LogP contribution in [0.1, 0.15) is 75.5 Å². The molecule has 2 aromatic heterocycles. The van der Waals surface area contributed by atoms with Crippen LogP contribution >= 0.6 is 12.2 Å². The SMILES string of the molecule is CC(C)N1C(=S)N[C@@H](c2ccccn2)[C@@H]1c1cccn1C1CCCCC1. The molecule has 0 amide bonds. The summed E-state index contributed by atoms with van der Waals surface area (Å²) >= 11 is 5.72. The Balaban J connectivity index is 1.75. The summed E-state index contributed by atoms with van der Waals surface area (Å²) in [4.78, 5) is 6.98. The van der Waals surface area contributed by atoms with E-state index < -0.39 is 0 Å². The zero-order valence-electron chi connectivity index (χ0n) is 15.6. The first kappa shape index (κ1) is 17.5. The van der Waals surface area contributed by atoms with E-state index in [9.17, 15) is 0 Å². The summed E-state index contributed by atoms with van der Waals surface area (Å²) in [7, 11) is 0. The van der Waals surface area contributed by atoms with Gasteiger partial charge in [0.1, 0.15) is 0 Å². The van der Waals surface area contributed by atoms with Gasteiger partial charge in [-0.05, 0) is 63.2 Å². The highest BCUT2D eigenvalue weighted by Crippen LogP contribution is 2.42. The molecule has 2 aromatic rings. The first-order valence-electron chi connectivity index (χ1n) is 9.83. The number of rotatable bonds is 4. The molecule has 0 bridgehead atoms. The molecule has 1 saturated carbocycles. The molecule has 1 N–H and O–H groups in total. The number of hydrogen-bond acceptors (Lipinski definition) is 2. The number of nitrogens with one attached hydrogen (secondary N) is 1. The van der Waals surface area contributed by atoms with Crippen molar-refractivity contribution in [3.63, 3.8) is 0 Å². The molecule has 138 valence electrons. The van der Waals surface area contributed by atoms with E-state index in [0.717, 1.165) is 10.8 Å². The van der Waals surface area contributed by atoms with Crippen LogP contribution < -0.4 is 5.32 Å². The van der Waals surface area contributed by atoms with Crippen molar-refractivity contribution in [1.82, 2.24) is 19.8 Å². The first-order chi connectivity index (χ1) is 12.7. The molecule has 2 atom stereocenters. The Hall–Kier alpha value is -1.88. The first-order valence-corrected chi connectivity index (χ1v) is 10.2. The van der Waals surface area contributed by atoms with Gasteiger partial charge in [0.25, 0.3) is 0 Å². The maximum absolute atomic E-state index is 5.72. The molecule has 0 aromatic carbocycles. The van der Waals surface area contributed by atoms with E-state index in [0.29, 0.717) is 12.1 Å². The van der Waals surface area contributed by atoms with Crippen LogP contribution in [0.2, 0.25) is 0 Å². The maximum Gasteiger partial charge on any atom is 0.170 e. The van der Waals surface area contributed by atoms with Gasteiger partial charge in [0, 0.05) is 30.2 Å². The lowest BCUT2D eigenvalue weighted by Crippen LogP contribution is -2.36. The van der Waals surface area contributed by atoms with Crippen molar-refractivity contribution in [2.24, 2.45) is 0 Å². The normalized spacial score (nSPS) is 24.3. The predicted octanol–water partition coefficient (Wildman–Crippen LogP) is 4.77. The molecule has 0 radical (unpaired) electrons. The molecule has 1 saturated heterocycles. The molecule has 4 nitrogen and oxygen atoms in total. The molecule has 3 heterocycles. The van der Waals surface area contributed by atoms with Crippen molar-refractivity contribution < 1.29 is 0 Å². The van der Waals surface area contributed by atoms with Crippen LogP contribution in [-0.2, 0) is 0 Å². The van der Waals surface area contributed by atoms with Gasteiger partial charge < -0.3 is 14.8 Å². The number of aromatic nitrogens is 2. The lowest BCUT2D eigenvalue weighted by molar-refractivity contribution is 0.246. The fourth-order valence-corrected chi connectivity index (χ4v) is 5.04. The summed E-state index contributed by atoms with van der Waals surface area (Å²) in [5.41, 5.74) is 2.41. The third kappa shape index (κ3) is 3.13. The molecule has 2 fully saturated rings. The number of pyridine rings is 1. The predicted molar refractivity (Wildman–Crippen MR) is 109 cm³/mol. The van der Waals surface area contributed by atoms with E-state index in [1.807, 2.05) is 12.3 Å². The second-order valence-electron chi connectivity index (χ2n) is 7.76. The molecular weight excluding hydrogens is 340 g/mol. The Morgan fingerprint density at radius 3 is 2.62 bits per heavy atom. The van der Waals surface area contributed by atoms with E-state index in [1.54, 1.807) is 0 Å². The zero-order chi connectivity index (χ0) is 18.1. The van der Waals surface area contributed by atoms with Gasteiger partial charge in [-0.2, -0.15) is 0 Å². The van der Waals surface area contributed by atoms with Crippen LogP contribution in [0.3, 0.4) is 0 Å². The Bertz CT molecular complexity index is 748. The van der Waals surface area contributed by atoms with E-state index in [1.165, 1.54) is 37.8 Å². The van der Waals surface area contributed by atoms with Crippen molar-refractivity contribution in [3.05, 3.63) is 54.1 Å². The van der Waals surface area contributed by atoms with Crippen LogP contribution in [-0.4, -0.2) is 25.6 Å². The van der Waals surface area contributed by atoms with Crippen LogP contribution in [0.15, 0.2) is 42.7 Å². The van der Waals surface area contributed by atoms with E-state index >= 15 is 0 Å². The van der Waals surface area contributed by atoms with E-state index in [-0.39, 0.29) is 12.1 Å². The minimum Gasteiger partial charge on any atom is -0.352 e. The lowest BCUT2D eigenvalue weighted by Gasteiger charge is -2.34. The van der Waals surface area contributed by atoms with Crippen LogP contribution in [0.5, 0.6) is 0 Å². The van der Waals surface area contributed by atoms with Gasteiger partial charge in [0.2, 0.25) is 0 Å². The molecule has 0 unspecified atom stereocenters. The summed E-state index contributed by atoms with van der Waals surface area (Å²) in [6.45, 7) is 4.44. The van der Waals surface area contributed by atoms with Crippen LogP contribution in [0.4, 0.5) is 0 Å². The third-order valence-electron chi connectivity index (χ3n) is 5.77. The molecule has 5 heteroatoms. The minimum absolute atomic E-state index is 0.0864. The van der Waals surface area contributed by atoms with Crippen molar-refractivity contribution >= 4 is 17.3 Å².